The predicted molar refractivity (Wildman–Crippen MR) is 101 cm³/mol. The number of carbonyl (C=O) groups is 1. The van der Waals surface area contributed by atoms with Crippen LogP contribution < -0.4 is 0 Å². The van der Waals surface area contributed by atoms with Gasteiger partial charge in [0.2, 0.25) is 11.8 Å². The predicted octanol–water partition coefficient (Wildman–Crippen LogP) is 4.40. The SMILES string of the molecule is CC(C)(C)[Si](C)(C)OCc1nnc(-c2cnc(/C=C/C(=O)O)c(Cl)c2)o1. The van der Waals surface area contributed by atoms with E-state index in [9.17, 15) is 4.79 Å². The molecule has 9 heteroatoms. The molecule has 0 unspecified atom stereocenters. The number of aromatic nitrogens is 3. The molecule has 0 amide bonds. The van der Waals surface area contributed by atoms with Gasteiger partial charge in [0, 0.05) is 12.3 Å². The van der Waals surface area contributed by atoms with E-state index < -0.39 is 14.3 Å². The molecule has 0 saturated heterocycles. The molecular weight excluding hydrogens is 374 g/mol. The summed E-state index contributed by atoms with van der Waals surface area (Å²) in [6.45, 7) is 11.0. The summed E-state index contributed by atoms with van der Waals surface area (Å²) in [6, 6.07) is 1.60. The Morgan fingerprint density at radius 1 is 1.38 bits per heavy atom. The van der Waals surface area contributed by atoms with E-state index in [2.05, 4.69) is 49.0 Å². The Balaban J connectivity index is 2.12. The summed E-state index contributed by atoms with van der Waals surface area (Å²) in [7, 11) is -1.91. The zero-order valence-corrected chi connectivity index (χ0v) is 17.2. The van der Waals surface area contributed by atoms with Gasteiger partial charge in [-0.3, -0.25) is 4.98 Å². The van der Waals surface area contributed by atoms with Crippen LogP contribution in [0.5, 0.6) is 0 Å². The summed E-state index contributed by atoms with van der Waals surface area (Å²) in [5.74, 6) is -0.409. The third-order valence-corrected chi connectivity index (χ3v) is 9.11. The van der Waals surface area contributed by atoms with Gasteiger partial charge in [0.15, 0.2) is 8.32 Å². The maximum Gasteiger partial charge on any atom is 0.328 e. The summed E-state index contributed by atoms with van der Waals surface area (Å²) in [5.41, 5.74) is 0.896. The maximum atomic E-state index is 10.6. The van der Waals surface area contributed by atoms with Crippen LogP contribution in [0.25, 0.3) is 17.5 Å². The monoisotopic (exact) mass is 395 g/mol. The first-order chi connectivity index (χ1) is 12.0. The second kappa shape index (κ2) is 7.69. The van der Waals surface area contributed by atoms with Gasteiger partial charge >= 0.3 is 5.97 Å². The second-order valence-corrected chi connectivity index (χ2v) is 12.5. The molecule has 1 N–H and O–H groups in total. The van der Waals surface area contributed by atoms with Crippen LogP contribution in [0.4, 0.5) is 0 Å². The highest BCUT2D eigenvalue weighted by molar-refractivity contribution is 6.74. The standard InChI is InChI=1S/C17H22ClN3O4Si/c1-17(2,3)26(4,5)24-10-14-20-21-16(25-14)11-8-12(18)13(19-9-11)6-7-15(22)23/h6-9H,10H2,1-5H3,(H,22,23)/b7-6+. The Morgan fingerprint density at radius 3 is 2.65 bits per heavy atom. The zero-order valence-electron chi connectivity index (χ0n) is 15.4. The first-order valence-electron chi connectivity index (χ1n) is 8.03. The molecule has 0 aromatic carbocycles. The summed E-state index contributed by atoms with van der Waals surface area (Å²) in [5, 5.41) is 17.0. The molecular formula is C17H22ClN3O4Si. The molecule has 0 aliphatic rings. The summed E-state index contributed by atoms with van der Waals surface area (Å²) < 4.78 is 11.7. The van der Waals surface area contributed by atoms with Crippen molar-refractivity contribution in [3.8, 4) is 11.5 Å². The molecule has 0 aliphatic heterocycles. The Bertz CT molecular complexity index is 828. The zero-order chi connectivity index (χ0) is 19.5. The first-order valence-corrected chi connectivity index (χ1v) is 11.3. The average Bonchev–Trinajstić information content (AvgIpc) is 2.99. The molecule has 0 saturated carbocycles. The van der Waals surface area contributed by atoms with Crippen LogP contribution in [0.3, 0.4) is 0 Å². The van der Waals surface area contributed by atoms with Gasteiger partial charge in [-0.25, -0.2) is 4.79 Å². The van der Waals surface area contributed by atoms with Crippen molar-refractivity contribution in [1.82, 2.24) is 15.2 Å². The van der Waals surface area contributed by atoms with E-state index in [0.29, 0.717) is 17.1 Å². The van der Waals surface area contributed by atoms with E-state index in [-0.39, 0.29) is 22.6 Å². The van der Waals surface area contributed by atoms with Crippen LogP contribution in [0.2, 0.25) is 23.2 Å². The Morgan fingerprint density at radius 2 is 2.08 bits per heavy atom. The lowest BCUT2D eigenvalue weighted by molar-refractivity contribution is -0.131. The number of carboxylic acids is 1. The van der Waals surface area contributed by atoms with Crippen molar-refractivity contribution < 1.29 is 18.7 Å². The molecule has 26 heavy (non-hydrogen) atoms. The Kier molecular flexibility index (Phi) is 6.00. The maximum absolute atomic E-state index is 10.6. The average molecular weight is 396 g/mol. The Labute approximate surface area is 158 Å². The molecule has 0 radical (unpaired) electrons. The molecule has 2 aromatic rings. The van der Waals surface area contributed by atoms with E-state index in [1.54, 1.807) is 6.07 Å². The molecule has 0 aliphatic carbocycles. The summed E-state index contributed by atoms with van der Waals surface area (Å²) in [4.78, 5) is 14.7. The van der Waals surface area contributed by atoms with Crippen molar-refractivity contribution >= 4 is 32.0 Å². The third kappa shape index (κ3) is 5.00. The van der Waals surface area contributed by atoms with Crippen LogP contribution in [0, 0.1) is 0 Å². The minimum absolute atomic E-state index is 0.0899. The van der Waals surface area contributed by atoms with E-state index in [1.165, 1.54) is 12.3 Å². The van der Waals surface area contributed by atoms with Gasteiger partial charge in [-0.1, -0.05) is 32.4 Å². The van der Waals surface area contributed by atoms with Crippen LogP contribution in [0.1, 0.15) is 32.4 Å². The quantitative estimate of drug-likeness (QED) is 0.571. The van der Waals surface area contributed by atoms with Crippen molar-refractivity contribution in [2.75, 3.05) is 0 Å². The van der Waals surface area contributed by atoms with Crippen molar-refractivity contribution in [1.29, 1.82) is 0 Å². The highest BCUT2D eigenvalue weighted by atomic mass is 35.5. The molecule has 140 valence electrons. The van der Waals surface area contributed by atoms with E-state index in [1.807, 2.05) is 0 Å². The van der Waals surface area contributed by atoms with Gasteiger partial charge in [-0.05, 0) is 30.3 Å². The van der Waals surface area contributed by atoms with E-state index >= 15 is 0 Å². The van der Waals surface area contributed by atoms with E-state index in [4.69, 9.17) is 25.6 Å². The van der Waals surface area contributed by atoms with Crippen molar-refractivity contribution in [2.45, 2.75) is 45.5 Å². The molecule has 0 spiro atoms. The topological polar surface area (TPSA) is 98.3 Å². The lowest BCUT2D eigenvalue weighted by Crippen LogP contribution is -2.40. The van der Waals surface area contributed by atoms with E-state index in [0.717, 1.165) is 6.08 Å². The van der Waals surface area contributed by atoms with Gasteiger partial charge in [0.1, 0.15) is 6.61 Å². The molecule has 0 fully saturated rings. The lowest BCUT2D eigenvalue weighted by Gasteiger charge is -2.35. The number of halogens is 1. The lowest BCUT2D eigenvalue weighted by atomic mass is 10.2. The number of pyridine rings is 1. The molecule has 0 atom stereocenters. The van der Waals surface area contributed by atoms with Crippen molar-refractivity contribution in [3.63, 3.8) is 0 Å². The van der Waals surface area contributed by atoms with Gasteiger partial charge in [0.25, 0.3) is 0 Å². The fraction of sp³-hybridized carbons (Fsp3) is 0.412. The fourth-order valence-electron chi connectivity index (χ4n) is 1.73. The number of nitrogens with zero attached hydrogens (tertiary/aromatic N) is 3. The molecule has 2 aromatic heterocycles. The number of hydrogen-bond donors (Lipinski definition) is 1. The van der Waals surface area contributed by atoms with Crippen molar-refractivity contribution in [3.05, 3.63) is 34.9 Å². The summed E-state index contributed by atoms with van der Waals surface area (Å²) in [6.07, 6.45) is 3.79. The minimum Gasteiger partial charge on any atom is -0.478 e. The molecule has 0 bridgehead atoms. The largest absolute Gasteiger partial charge is 0.478 e. The van der Waals surface area contributed by atoms with Crippen molar-refractivity contribution in [2.24, 2.45) is 0 Å². The van der Waals surface area contributed by atoms with Gasteiger partial charge in [-0.2, -0.15) is 0 Å². The summed E-state index contributed by atoms with van der Waals surface area (Å²) >= 11 is 6.13. The third-order valence-electron chi connectivity index (χ3n) is 4.33. The first kappa shape index (κ1) is 20.3. The van der Waals surface area contributed by atoms with Gasteiger partial charge in [0.05, 0.1) is 16.3 Å². The minimum atomic E-state index is -1.91. The number of hydrogen-bond acceptors (Lipinski definition) is 6. The molecule has 2 rings (SSSR count). The van der Waals surface area contributed by atoms with Gasteiger partial charge < -0.3 is 13.9 Å². The molecule has 7 nitrogen and oxygen atoms in total. The number of aliphatic carboxylic acids is 1. The number of carboxylic acid groups (broad SMARTS) is 1. The molecule has 2 heterocycles. The Hall–Kier alpha value is -2.03. The smallest absolute Gasteiger partial charge is 0.328 e. The highest BCUT2D eigenvalue weighted by Gasteiger charge is 2.37. The van der Waals surface area contributed by atoms with Crippen LogP contribution in [-0.2, 0) is 15.8 Å². The fourth-order valence-corrected chi connectivity index (χ4v) is 2.87. The van der Waals surface area contributed by atoms with Crippen LogP contribution in [-0.4, -0.2) is 34.6 Å². The second-order valence-electron chi connectivity index (χ2n) is 7.31. The van der Waals surface area contributed by atoms with Crippen LogP contribution >= 0.6 is 11.6 Å². The highest BCUT2D eigenvalue weighted by Crippen LogP contribution is 2.37. The van der Waals surface area contributed by atoms with Gasteiger partial charge in [-0.15, -0.1) is 10.2 Å². The van der Waals surface area contributed by atoms with Crippen LogP contribution in [0.15, 0.2) is 22.8 Å². The normalized spacial score (nSPS) is 12.7. The number of rotatable bonds is 6.